The van der Waals surface area contributed by atoms with Gasteiger partial charge < -0.3 is 5.73 Å². The molecule has 0 saturated heterocycles. The highest BCUT2D eigenvalue weighted by atomic mass is 16.6. The van der Waals surface area contributed by atoms with Crippen LogP contribution >= 0.6 is 0 Å². The van der Waals surface area contributed by atoms with Gasteiger partial charge in [-0.2, -0.15) is 0 Å². The number of rotatable bonds is 3. The van der Waals surface area contributed by atoms with Crippen LogP contribution in [0, 0.1) is 16.0 Å². The van der Waals surface area contributed by atoms with Crippen molar-refractivity contribution in [1.82, 2.24) is 0 Å². The number of nitrogens with zero attached hydrogens (tertiary/aromatic N) is 1. The largest absolute Gasteiger partial charge is 0.327 e. The second-order valence-corrected chi connectivity index (χ2v) is 4.84. The van der Waals surface area contributed by atoms with Crippen molar-refractivity contribution in [2.45, 2.75) is 38.1 Å². The number of nitro benzene ring substituents is 1. The monoisotopic (exact) mass is 234 g/mol. The van der Waals surface area contributed by atoms with Gasteiger partial charge in [0.2, 0.25) is 0 Å². The lowest BCUT2D eigenvalue weighted by Crippen LogP contribution is -2.34. The van der Waals surface area contributed by atoms with Crippen molar-refractivity contribution in [3.63, 3.8) is 0 Å². The van der Waals surface area contributed by atoms with E-state index in [4.69, 9.17) is 5.73 Å². The quantitative estimate of drug-likeness (QED) is 0.645. The fraction of sp³-hybridized carbons (Fsp3) is 0.538. The first kappa shape index (κ1) is 12.0. The number of nitro groups is 1. The Morgan fingerprint density at radius 1 is 1.35 bits per heavy atom. The van der Waals surface area contributed by atoms with Gasteiger partial charge in [0.15, 0.2) is 0 Å². The summed E-state index contributed by atoms with van der Waals surface area (Å²) in [6.07, 6.45) is 5.53. The maximum atomic E-state index is 10.7. The van der Waals surface area contributed by atoms with Gasteiger partial charge in [-0.15, -0.1) is 0 Å². The molecule has 0 amide bonds. The maximum absolute atomic E-state index is 10.7. The Labute approximate surface area is 101 Å². The van der Waals surface area contributed by atoms with Crippen molar-refractivity contribution in [1.29, 1.82) is 0 Å². The van der Waals surface area contributed by atoms with Crippen LogP contribution in [0.2, 0.25) is 0 Å². The lowest BCUT2D eigenvalue weighted by molar-refractivity contribution is -0.384. The third-order valence-electron chi connectivity index (χ3n) is 3.59. The molecule has 2 rings (SSSR count). The second kappa shape index (κ2) is 5.27. The van der Waals surface area contributed by atoms with Crippen molar-refractivity contribution in [2.75, 3.05) is 0 Å². The third-order valence-corrected chi connectivity index (χ3v) is 3.59. The Morgan fingerprint density at radius 2 is 2.12 bits per heavy atom. The van der Waals surface area contributed by atoms with Gasteiger partial charge in [0, 0.05) is 18.2 Å². The number of hydrogen-bond donors (Lipinski definition) is 1. The molecule has 4 heteroatoms. The van der Waals surface area contributed by atoms with E-state index in [1.165, 1.54) is 18.9 Å². The van der Waals surface area contributed by atoms with Gasteiger partial charge in [-0.1, -0.05) is 25.0 Å². The molecule has 1 aliphatic carbocycles. The number of non-ortho nitro benzene ring substituents is 1. The van der Waals surface area contributed by atoms with Gasteiger partial charge in [-0.3, -0.25) is 10.1 Å². The van der Waals surface area contributed by atoms with Crippen LogP contribution < -0.4 is 5.73 Å². The molecule has 1 aromatic rings. The van der Waals surface area contributed by atoms with Crippen LogP contribution in [0.15, 0.2) is 24.3 Å². The molecular formula is C13H18N2O2. The van der Waals surface area contributed by atoms with E-state index >= 15 is 0 Å². The molecule has 2 atom stereocenters. The average Bonchev–Trinajstić information content (AvgIpc) is 2.32. The minimum absolute atomic E-state index is 0.173. The van der Waals surface area contributed by atoms with Crippen molar-refractivity contribution >= 4 is 5.69 Å². The number of nitrogens with two attached hydrogens (primary N) is 1. The molecule has 17 heavy (non-hydrogen) atoms. The van der Waals surface area contributed by atoms with Crippen molar-refractivity contribution in [2.24, 2.45) is 11.7 Å². The normalized spacial score (nSPS) is 24.5. The highest BCUT2D eigenvalue weighted by Gasteiger charge is 2.22. The van der Waals surface area contributed by atoms with Gasteiger partial charge in [-0.25, -0.2) is 0 Å². The molecule has 0 aromatic heterocycles. The molecule has 1 aromatic carbocycles. The molecule has 4 nitrogen and oxygen atoms in total. The summed E-state index contributed by atoms with van der Waals surface area (Å²) in [4.78, 5) is 10.3. The Morgan fingerprint density at radius 3 is 2.82 bits per heavy atom. The summed E-state index contributed by atoms with van der Waals surface area (Å²) in [6.45, 7) is 0. The molecule has 2 N–H and O–H groups in total. The molecule has 0 spiro atoms. The summed E-state index contributed by atoms with van der Waals surface area (Å²) in [5, 5.41) is 10.7. The molecule has 1 fully saturated rings. The Hall–Kier alpha value is -1.42. The Kier molecular flexibility index (Phi) is 3.74. The van der Waals surface area contributed by atoms with E-state index in [0.29, 0.717) is 5.92 Å². The predicted molar refractivity (Wildman–Crippen MR) is 66.7 cm³/mol. The summed E-state index contributed by atoms with van der Waals surface area (Å²) in [5.41, 5.74) is 7.29. The van der Waals surface area contributed by atoms with Crippen molar-refractivity contribution in [3.05, 3.63) is 39.9 Å². The molecule has 0 radical (unpaired) electrons. The van der Waals surface area contributed by atoms with Gasteiger partial charge in [-0.05, 0) is 30.7 Å². The molecule has 1 saturated carbocycles. The van der Waals surface area contributed by atoms with E-state index in [1.54, 1.807) is 12.1 Å². The van der Waals surface area contributed by atoms with Crippen molar-refractivity contribution < 1.29 is 4.92 Å². The van der Waals surface area contributed by atoms with Crippen LogP contribution in [-0.2, 0) is 6.42 Å². The Balaban J connectivity index is 2.07. The van der Waals surface area contributed by atoms with E-state index in [9.17, 15) is 10.1 Å². The fourth-order valence-electron chi connectivity index (χ4n) is 2.59. The second-order valence-electron chi connectivity index (χ2n) is 4.84. The summed E-state index contributed by atoms with van der Waals surface area (Å²) < 4.78 is 0. The summed E-state index contributed by atoms with van der Waals surface area (Å²) in [5.74, 6) is 0.478. The average molecular weight is 234 g/mol. The number of hydrogen-bond acceptors (Lipinski definition) is 3. The maximum Gasteiger partial charge on any atom is 0.269 e. The van der Waals surface area contributed by atoms with Gasteiger partial charge in [0.25, 0.3) is 5.69 Å². The van der Waals surface area contributed by atoms with Gasteiger partial charge >= 0.3 is 0 Å². The van der Waals surface area contributed by atoms with E-state index < -0.39 is 0 Å². The summed E-state index contributed by atoms with van der Waals surface area (Å²) >= 11 is 0. The first-order valence-electron chi connectivity index (χ1n) is 6.16. The smallest absolute Gasteiger partial charge is 0.269 e. The molecule has 92 valence electrons. The molecule has 0 bridgehead atoms. The van der Waals surface area contributed by atoms with Gasteiger partial charge in [0.1, 0.15) is 0 Å². The zero-order valence-electron chi connectivity index (χ0n) is 9.84. The minimum Gasteiger partial charge on any atom is -0.327 e. The predicted octanol–water partition coefficient (Wildman–Crippen LogP) is 2.65. The summed E-state index contributed by atoms with van der Waals surface area (Å²) in [7, 11) is 0. The fourth-order valence-corrected chi connectivity index (χ4v) is 2.59. The van der Waals surface area contributed by atoms with Crippen LogP contribution in [0.3, 0.4) is 0 Å². The lowest BCUT2D eigenvalue weighted by atomic mass is 9.81. The Bertz CT molecular complexity index is 406. The van der Waals surface area contributed by atoms with Crippen LogP contribution in [0.4, 0.5) is 5.69 Å². The lowest BCUT2D eigenvalue weighted by Gasteiger charge is -2.28. The standard InChI is InChI=1S/C13H18N2O2/c14-13-7-2-1-5-11(13)8-10-4-3-6-12(9-10)15(16)17/h3-4,6,9,11,13H,1-2,5,7-8,14H2. The first-order chi connectivity index (χ1) is 8.16. The van der Waals surface area contributed by atoms with Crippen LogP contribution in [0.5, 0.6) is 0 Å². The minimum atomic E-state index is -0.343. The molecule has 0 aliphatic heterocycles. The summed E-state index contributed by atoms with van der Waals surface area (Å²) in [6, 6.07) is 7.16. The molecular weight excluding hydrogens is 216 g/mol. The van der Waals surface area contributed by atoms with E-state index in [-0.39, 0.29) is 16.7 Å². The third kappa shape index (κ3) is 3.03. The molecule has 2 unspecified atom stereocenters. The van der Waals surface area contributed by atoms with Crippen LogP contribution in [-0.4, -0.2) is 11.0 Å². The van der Waals surface area contributed by atoms with Crippen LogP contribution in [0.25, 0.3) is 0 Å². The topological polar surface area (TPSA) is 69.2 Å². The highest BCUT2D eigenvalue weighted by Crippen LogP contribution is 2.27. The van der Waals surface area contributed by atoms with E-state index in [0.717, 1.165) is 24.8 Å². The van der Waals surface area contributed by atoms with E-state index in [2.05, 4.69) is 0 Å². The van der Waals surface area contributed by atoms with E-state index in [1.807, 2.05) is 6.07 Å². The number of benzene rings is 1. The molecule has 1 aliphatic rings. The first-order valence-corrected chi connectivity index (χ1v) is 6.16. The highest BCUT2D eigenvalue weighted by molar-refractivity contribution is 5.34. The van der Waals surface area contributed by atoms with Gasteiger partial charge in [0.05, 0.1) is 4.92 Å². The zero-order chi connectivity index (χ0) is 12.3. The van der Waals surface area contributed by atoms with Crippen molar-refractivity contribution in [3.8, 4) is 0 Å². The molecule has 0 heterocycles. The SMILES string of the molecule is NC1CCCCC1Cc1cccc([N+](=O)[O-])c1. The zero-order valence-corrected chi connectivity index (χ0v) is 9.84. The van der Waals surface area contributed by atoms with Crippen LogP contribution in [0.1, 0.15) is 31.2 Å².